The number of methoxy groups -OCH3 is 1. The first-order chi connectivity index (χ1) is 7.17. The minimum absolute atomic E-state index is 0.369. The molecule has 0 aromatic heterocycles. The van der Waals surface area contributed by atoms with E-state index in [1.807, 2.05) is 6.07 Å². The highest BCUT2D eigenvalue weighted by atomic mass is 16.5. The molecular weight excluding hydrogens is 194 g/mol. The van der Waals surface area contributed by atoms with Crippen LogP contribution >= 0.6 is 0 Å². The van der Waals surface area contributed by atoms with Crippen molar-refractivity contribution >= 4 is 12.3 Å². The predicted octanol–water partition coefficient (Wildman–Crippen LogP) is 0.542. The number of esters is 1. The monoisotopic (exact) mass is 207 g/mol. The molecular formula is C11H13NO3. The van der Waals surface area contributed by atoms with Crippen LogP contribution in [0.1, 0.15) is 15.9 Å². The van der Waals surface area contributed by atoms with Gasteiger partial charge in [-0.05, 0) is 18.1 Å². The lowest BCUT2D eigenvalue weighted by Gasteiger charge is -2.09. The van der Waals surface area contributed by atoms with Gasteiger partial charge in [-0.25, -0.2) is 0 Å². The number of rotatable bonds is 4. The van der Waals surface area contributed by atoms with Gasteiger partial charge in [-0.2, -0.15) is 0 Å². The minimum Gasteiger partial charge on any atom is -0.468 e. The summed E-state index contributed by atoms with van der Waals surface area (Å²) >= 11 is 0. The molecule has 1 rings (SSSR count). The third-order valence-electron chi connectivity index (χ3n) is 2.05. The van der Waals surface area contributed by atoms with Gasteiger partial charge in [0.15, 0.2) is 0 Å². The normalized spacial score (nSPS) is 11.9. The molecule has 15 heavy (non-hydrogen) atoms. The lowest BCUT2D eigenvalue weighted by molar-refractivity contribution is -0.142. The van der Waals surface area contributed by atoms with Crippen LogP contribution in [0.3, 0.4) is 0 Å². The first-order valence-electron chi connectivity index (χ1n) is 4.55. The molecule has 2 N–H and O–H groups in total. The van der Waals surface area contributed by atoms with Crippen molar-refractivity contribution in [1.82, 2.24) is 0 Å². The fourth-order valence-corrected chi connectivity index (χ4v) is 1.28. The van der Waals surface area contributed by atoms with E-state index in [2.05, 4.69) is 4.74 Å². The van der Waals surface area contributed by atoms with E-state index < -0.39 is 12.0 Å². The Morgan fingerprint density at radius 2 is 2.33 bits per heavy atom. The van der Waals surface area contributed by atoms with Crippen LogP contribution in [-0.4, -0.2) is 25.4 Å². The molecule has 0 bridgehead atoms. The van der Waals surface area contributed by atoms with Gasteiger partial charge in [-0.3, -0.25) is 9.59 Å². The second-order valence-corrected chi connectivity index (χ2v) is 3.20. The molecule has 1 atom stereocenters. The predicted molar refractivity (Wildman–Crippen MR) is 55.5 cm³/mol. The zero-order valence-electron chi connectivity index (χ0n) is 8.47. The van der Waals surface area contributed by atoms with Gasteiger partial charge < -0.3 is 10.5 Å². The van der Waals surface area contributed by atoms with Crippen LogP contribution in [0.4, 0.5) is 0 Å². The lowest BCUT2D eigenvalue weighted by Crippen LogP contribution is -2.33. The maximum Gasteiger partial charge on any atom is 0.322 e. The highest BCUT2D eigenvalue weighted by molar-refractivity contribution is 5.77. The van der Waals surface area contributed by atoms with Crippen molar-refractivity contribution < 1.29 is 14.3 Å². The van der Waals surface area contributed by atoms with Gasteiger partial charge in [0, 0.05) is 5.56 Å². The van der Waals surface area contributed by atoms with E-state index >= 15 is 0 Å². The molecule has 0 aliphatic carbocycles. The Labute approximate surface area is 88.0 Å². The van der Waals surface area contributed by atoms with Gasteiger partial charge in [-0.1, -0.05) is 18.2 Å². The van der Waals surface area contributed by atoms with Gasteiger partial charge in [0.2, 0.25) is 0 Å². The largest absolute Gasteiger partial charge is 0.468 e. The molecule has 0 fully saturated rings. The summed E-state index contributed by atoms with van der Waals surface area (Å²) in [5.74, 6) is -0.452. The first kappa shape index (κ1) is 11.4. The summed E-state index contributed by atoms with van der Waals surface area (Å²) in [6.45, 7) is 0. The molecule has 0 unspecified atom stereocenters. The summed E-state index contributed by atoms with van der Waals surface area (Å²) < 4.78 is 4.51. The van der Waals surface area contributed by atoms with Crippen molar-refractivity contribution in [1.29, 1.82) is 0 Å². The minimum atomic E-state index is -0.683. The number of hydrogen-bond donors (Lipinski definition) is 1. The number of nitrogens with two attached hydrogens (primary N) is 1. The zero-order valence-corrected chi connectivity index (χ0v) is 8.47. The Bertz CT molecular complexity index is 363. The summed E-state index contributed by atoms with van der Waals surface area (Å²) in [7, 11) is 1.30. The molecule has 1 aromatic carbocycles. The number of benzene rings is 1. The molecule has 1 aromatic rings. The van der Waals surface area contributed by atoms with Gasteiger partial charge in [0.05, 0.1) is 7.11 Å². The van der Waals surface area contributed by atoms with Gasteiger partial charge in [0.25, 0.3) is 0 Å². The highest BCUT2D eigenvalue weighted by Crippen LogP contribution is 2.06. The third-order valence-corrected chi connectivity index (χ3v) is 2.05. The Kier molecular flexibility index (Phi) is 4.00. The van der Waals surface area contributed by atoms with E-state index in [1.165, 1.54) is 7.11 Å². The van der Waals surface area contributed by atoms with Crippen LogP contribution in [0.2, 0.25) is 0 Å². The van der Waals surface area contributed by atoms with E-state index in [9.17, 15) is 9.59 Å². The van der Waals surface area contributed by atoms with Crippen molar-refractivity contribution in [3.05, 3.63) is 35.4 Å². The summed E-state index contributed by atoms with van der Waals surface area (Å²) in [5.41, 5.74) is 7.01. The van der Waals surface area contributed by atoms with E-state index in [0.29, 0.717) is 12.0 Å². The number of ether oxygens (including phenoxy) is 1. The van der Waals surface area contributed by atoms with E-state index in [0.717, 1.165) is 11.8 Å². The Morgan fingerprint density at radius 3 is 2.93 bits per heavy atom. The van der Waals surface area contributed by atoms with Crippen molar-refractivity contribution in [2.75, 3.05) is 7.11 Å². The Morgan fingerprint density at radius 1 is 1.60 bits per heavy atom. The van der Waals surface area contributed by atoms with Crippen molar-refractivity contribution in [2.24, 2.45) is 5.73 Å². The second kappa shape index (κ2) is 5.26. The maximum absolute atomic E-state index is 11.1. The third kappa shape index (κ3) is 3.18. The summed E-state index contributed by atoms with van der Waals surface area (Å²) in [4.78, 5) is 21.6. The second-order valence-electron chi connectivity index (χ2n) is 3.20. The molecule has 0 spiro atoms. The number of carbonyl (C=O) groups is 2. The molecule has 4 heteroatoms. The number of aldehydes is 1. The average molecular weight is 207 g/mol. The SMILES string of the molecule is COC(=O)[C@H](N)Cc1cccc(C=O)c1. The summed E-state index contributed by atoms with van der Waals surface area (Å²) in [6.07, 6.45) is 1.13. The molecule has 0 aliphatic heterocycles. The van der Waals surface area contributed by atoms with E-state index in [1.54, 1.807) is 18.2 Å². The summed E-state index contributed by atoms with van der Waals surface area (Å²) in [6, 6.07) is 6.28. The first-order valence-corrected chi connectivity index (χ1v) is 4.55. The molecule has 0 saturated heterocycles. The van der Waals surface area contributed by atoms with Gasteiger partial charge >= 0.3 is 5.97 Å². The molecule has 0 radical (unpaired) electrons. The molecule has 0 heterocycles. The lowest BCUT2D eigenvalue weighted by atomic mass is 10.0. The van der Waals surface area contributed by atoms with Crippen molar-refractivity contribution in [2.45, 2.75) is 12.5 Å². The quantitative estimate of drug-likeness (QED) is 0.578. The molecule has 4 nitrogen and oxygen atoms in total. The number of carbonyl (C=O) groups excluding carboxylic acids is 2. The van der Waals surface area contributed by atoms with Gasteiger partial charge in [-0.15, -0.1) is 0 Å². The number of hydrogen-bond acceptors (Lipinski definition) is 4. The van der Waals surface area contributed by atoms with E-state index in [4.69, 9.17) is 5.73 Å². The fraction of sp³-hybridized carbons (Fsp3) is 0.273. The fourth-order valence-electron chi connectivity index (χ4n) is 1.28. The van der Waals surface area contributed by atoms with Crippen LogP contribution in [0.15, 0.2) is 24.3 Å². The Balaban J connectivity index is 2.71. The standard InChI is InChI=1S/C11H13NO3/c1-15-11(14)10(12)6-8-3-2-4-9(5-8)7-13/h2-5,7,10H,6,12H2,1H3/t10-/m1/s1. The van der Waals surface area contributed by atoms with Crippen molar-refractivity contribution in [3.8, 4) is 0 Å². The highest BCUT2D eigenvalue weighted by Gasteiger charge is 2.13. The van der Waals surface area contributed by atoms with Crippen LogP contribution < -0.4 is 5.73 Å². The van der Waals surface area contributed by atoms with E-state index in [-0.39, 0.29) is 0 Å². The molecule has 80 valence electrons. The zero-order chi connectivity index (χ0) is 11.3. The average Bonchev–Trinajstić information content (AvgIpc) is 2.28. The summed E-state index contributed by atoms with van der Waals surface area (Å²) in [5, 5.41) is 0. The molecule has 0 saturated carbocycles. The smallest absolute Gasteiger partial charge is 0.322 e. The molecule has 0 aliphatic rings. The molecule has 0 amide bonds. The van der Waals surface area contributed by atoms with Crippen LogP contribution in [-0.2, 0) is 16.0 Å². The van der Waals surface area contributed by atoms with Crippen LogP contribution in [0.5, 0.6) is 0 Å². The Hall–Kier alpha value is -1.68. The van der Waals surface area contributed by atoms with Crippen molar-refractivity contribution in [3.63, 3.8) is 0 Å². The van der Waals surface area contributed by atoms with Gasteiger partial charge in [0.1, 0.15) is 12.3 Å². The van der Waals surface area contributed by atoms with Crippen LogP contribution in [0.25, 0.3) is 0 Å². The maximum atomic E-state index is 11.1. The van der Waals surface area contributed by atoms with Crippen LogP contribution in [0, 0.1) is 0 Å². The topological polar surface area (TPSA) is 69.4 Å².